The van der Waals surface area contributed by atoms with Gasteiger partial charge in [0, 0.05) is 4.47 Å². The monoisotopic (exact) mass is 384 g/mol. The van der Waals surface area contributed by atoms with Crippen molar-refractivity contribution in [2.24, 2.45) is 0 Å². The van der Waals surface area contributed by atoms with Gasteiger partial charge in [-0.1, -0.05) is 28.1 Å². The number of halogens is 2. The summed E-state index contributed by atoms with van der Waals surface area (Å²) in [5.74, 6) is 0.752. The molecule has 0 bridgehead atoms. The summed E-state index contributed by atoms with van der Waals surface area (Å²) in [6, 6.07) is 11.5. The Morgan fingerprint density at radius 2 is 1.84 bits per heavy atom. The van der Waals surface area contributed by atoms with Crippen molar-refractivity contribution in [3.8, 4) is 5.75 Å². The third-order valence-electron chi connectivity index (χ3n) is 3.03. The van der Waals surface area contributed by atoms with Crippen molar-refractivity contribution in [1.82, 2.24) is 0 Å². The average molecular weight is 386 g/mol. The third kappa shape index (κ3) is 3.19. The molecule has 1 N–H and O–H groups in total. The topological polar surface area (TPSA) is 29.5 Å². The van der Waals surface area contributed by atoms with E-state index in [0.717, 1.165) is 31.4 Å². The van der Waals surface area contributed by atoms with Gasteiger partial charge in [0.2, 0.25) is 0 Å². The summed E-state index contributed by atoms with van der Waals surface area (Å²) in [7, 11) is 1.62. The second-order valence-electron chi connectivity index (χ2n) is 4.30. The van der Waals surface area contributed by atoms with Crippen molar-refractivity contribution in [2.75, 3.05) is 7.11 Å². The molecule has 1 unspecified atom stereocenters. The lowest BCUT2D eigenvalue weighted by Crippen LogP contribution is -2.02. The molecule has 0 aliphatic carbocycles. The number of aliphatic hydroxyl groups is 1. The lowest BCUT2D eigenvalue weighted by molar-refractivity contribution is 0.219. The fourth-order valence-electron chi connectivity index (χ4n) is 1.94. The molecule has 0 spiro atoms. The van der Waals surface area contributed by atoms with Gasteiger partial charge < -0.3 is 9.84 Å². The Balaban J connectivity index is 2.41. The van der Waals surface area contributed by atoms with E-state index in [1.807, 2.05) is 43.3 Å². The zero-order valence-corrected chi connectivity index (χ0v) is 13.8. The van der Waals surface area contributed by atoms with Crippen LogP contribution < -0.4 is 4.74 Å². The van der Waals surface area contributed by atoms with Crippen molar-refractivity contribution >= 4 is 31.9 Å². The van der Waals surface area contributed by atoms with Crippen LogP contribution in [0.3, 0.4) is 0 Å². The normalized spacial score (nSPS) is 12.3. The van der Waals surface area contributed by atoms with Gasteiger partial charge in [0.25, 0.3) is 0 Å². The molecule has 2 aromatic rings. The van der Waals surface area contributed by atoms with Crippen LogP contribution in [0, 0.1) is 6.92 Å². The van der Waals surface area contributed by atoms with Crippen LogP contribution in [-0.4, -0.2) is 12.2 Å². The molecule has 2 aromatic carbocycles. The zero-order chi connectivity index (χ0) is 14.0. The minimum absolute atomic E-state index is 0.653. The van der Waals surface area contributed by atoms with Crippen LogP contribution >= 0.6 is 31.9 Å². The molecule has 0 aliphatic heterocycles. The minimum Gasteiger partial charge on any atom is -0.496 e. The summed E-state index contributed by atoms with van der Waals surface area (Å²) < 4.78 is 6.98. The number of methoxy groups -OCH3 is 1. The first kappa shape index (κ1) is 14.6. The van der Waals surface area contributed by atoms with E-state index in [2.05, 4.69) is 31.9 Å². The molecule has 0 radical (unpaired) electrons. The molecule has 0 heterocycles. The number of ether oxygens (including phenoxy) is 1. The van der Waals surface area contributed by atoms with Crippen molar-refractivity contribution in [3.63, 3.8) is 0 Å². The fraction of sp³-hybridized carbons (Fsp3) is 0.200. The number of hydrogen-bond donors (Lipinski definition) is 1. The van der Waals surface area contributed by atoms with Gasteiger partial charge in [0.1, 0.15) is 11.9 Å². The van der Waals surface area contributed by atoms with E-state index in [1.165, 1.54) is 0 Å². The number of aryl methyl sites for hydroxylation is 1. The van der Waals surface area contributed by atoms with Crippen molar-refractivity contribution < 1.29 is 9.84 Å². The van der Waals surface area contributed by atoms with E-state index < -0.39 is 6.10 Å². The van der Waals surface area contributed by atoms with Crippen LogP contribution in [0.4, 0.5) is 0 Å². The second kappa shape index (κ2) is 6.07. The van der Waals surface area contributed by atoms with Crippen LogP contribution in [0.25, 0.3) is 0 Å². The van der Waals surface area contributed by atoms with Gasteiger partial charge in [0.15, 0.2) is 0 Å². The number of hydrogen-bond acceptors (Lipinski definition) is 2. The fourth-order valence-corrected chi connectivity index (χ4v) is 2.88. The molecular formula is C15H14Br2O2. The molecule has 0 amide bonds. The Hall–Kier alpha value is -0.840. The van der Waals surface area contributed by atoms with Gasteiger partial charge in [0.05, 0.1) is 11.6 Å². The van der Waals surface area contributed by atoms with Gasteiger partial charge in [-0.05, 0) is 63.8 Å². The number of benzene rings is 2. The second-order valence-corrected chi connectivity index (χ2v) is 6.07. The lowest BCUT2D eigenvalue weighted by Gasteiger charge is -2.16. The average Bonchev–Trinajstić information content (AvgIpc) is 2.40. The molecule has 2 rings (SSSR count). The highest BCUT2D eigenvalue weighted by atomic mass is 79.9. The molecule has 0 aliphatic rings. The zero-order valence-electron chi connectivity index (χ0n) is 10.7. The van der Waals surface area contributed by atoms with E-state index in [9.17, 15) is 5.11 Å². The Morgan fingerprint density at radius 1 is 1.11 bits per heavy atom. The Bertz CT molecular complexity index is 597. The van der Waals surface area contributed by atoms with Crippen LogP contribution in [0.15, 0.2) is 45.3 Å². The molecule has 19 heavy (non-hydrogen) atoms. The molecule has 100 valence electrons. The maximum absolute atomic E-state index is 10.5. The van der Waals surface area contributed by atoms with Crippen molar-refractivity contribution in [3.05, 3.63) is 62.0 Å². The molecule has 2 nitrogen and oxygen atoms in total. The predicted octanol–water partition coefficient (Wildman–Crippen LogP) is 4.61. The first-order chi connectivity index (χ1) is 9.02. The van der Waals surface area contributed by atoms with Gasteiger partial charge >= 0.3 is 0 Å². The highest BCUT2D eigenvalue weighted by molar-refractivity contribution is 9.10. The van der Waals surface area contributed by atoms with E-state index in [4.69, 9.17) is 4.74 Å². The highest BCUT2D eigenvalue weighted by Crippen LogP contribution is 2.32. The quantitative estimate of drug-likeness (QED) is 0.835. The van der Waals surface area contributed by atoms with Crippen molar-refractivity contribution in [1.29, 1.82) is 0 Å². The molecule has 0 saturated carbocycles. The Kier molecular flexibility index (Phi) is 4.66. The maximum Gasteiger partial charge on any atom is 0.133 e. The van der Waals surface area contributed by atoms with Gasteiger partial charge in [-0.3, -0.25) is 0 Å². The predicted molar refractivity (Wildman–Crippen MR) is 83.6 cm³/mol. The number of rotatable bonds is 3. The summed E-state index contributed by atoms with van der Waals surface area (Å²) in [6.07, 6.45) is -0.653. The first-order valence-electron chi connectivity index (χ1n) is 5.80. The van der Waals surface area contributed by atoms with Crippen LogP contribution in [0.1, 0.15) is 22.8 Å². The molecular weight excluding hydrogens is 372 g/mol. The van der Waals surface area contributed by atoms with E-state index in [0.29, 0.717) is 0 Å². The molecule has 0 aromatic heterocycles. The molecule has 1 atom stereocenters. The third-order valence-corrected chi connectivity index (χ3v) is 4.14. The summed E-state index contributed by atoms with van der Waals surface area (Å²) in [5.41, 5.74) is 2.78. The van der Waals surface area contributed by atoms with Gasteiger partial charge in [-0.2, -0.15) is 0 Å². The lowest BCUT2D eigenvalue weighted by atomic mass is 9.97. The highest BCUT2D eigenvalue weighted by Gasteiger charge is 2.14. The van der Waals surface area contributed by atoms with E-state index in [1.54, 1.807) is 7.11 Å². The van der Waals surface area contributed by atoms with Gasteiger partial charge in [-0.25, -0.2) is 0 Å². The molecule has 0 saturated heterocycles. The number of aliphatic hydroxyl groups excluding tert-OH is 1. The van der Waals surface area contributed by atoms with Gasteiger partial charge in [-0.15, -0.1) is 0 Å². The van der Waals surface area contributed by atoms with Crippen LogP contribution in [-0.2, 0) is 0 Å². The van der Waals surface area contributed by atoms with E-state index >= 15 is 0 Å². The molecule has 0 fully saturated rings. The largest absolute Gasteiger partial charge is 0.496 e. The first-order valence-corrected chi connectivity index (χ1v) is 7.39. The van der Waals surface area contributed by atoms with E-state index in [-0.39, 0.29) is 0 Å². The summed E-state index contributed by atoms with van der Waals surface area (Å²) in [5, 5.41) is 10.5. The smallest absolute Gasteiger partial charge is 0.133 e. The summed E-state index contributed by atoms with van der Waals surface area (Å²) >= 11 is 6.87. The molecule has 4 heteroatoms. The van der Waals surface area contributed by atoms with Crippen LogP contribution in [0.2, 0.25) is 0 Å². The minimum atomic E-state index is -0.653. The SMILES string of the molecule is COc1ccc(C(O)c2cc(Br)ccc2C)cc1Br. The maximum atomic E-state index is 10.5. The Labute approximate surface area is 129 Å². The standard InChI is InChI=1S/C15H14Br2O2/c1-9-3-5-11(16)8-12(9)15(18)10-4-6-14(19-2)13(17)7-10/h3-8,15,18H,1-2H3. The summed E-state index contributed by atoms with van der Waals surface area (Å²) in [4.78, 5) is 0. The van der Waals surface area contributed by atoms with Crippen LogP contribution in [0.5, 0.6) is 5.75 Å². The Morgan fingerprint density at radius 3 is 2.47 bits per heavy atom. The summed E-state index contributed by atoms with van der Waals surface area (Å²) in [6.45, 7) is 1.99. The van der Waals surface area contributed by atoms with Crippen molar-refractivity contribution in [2.45, 2.75) is 13.0 Å².